The molecule has 0 aliphatic carbocycles. The minimum atomic E-state index is -1.30. The minimum Gasteiger partial charge on any atom is -0.494 e. The zero-order valence-electron chi connectivity index (χ0n) is 14.9. The Morgan fingerprint density at radius 1 is 1.15 bits per heavy atom. The number of ether oxygens (including phenoxy) is 2. The van der Waals surface area contributed by atoms with Crippen molar-refractivity contribution in [1.29, 1.82) is 0 Å². The summed E-state index contributed by atoms with van der Waals surface area (Å²) in [5.74, 6) is -0.823. The largest absolute Gasteiger partial charge is 0.494 e. The highest BCUT2D eigenvalue weighted by Crippen LogP contribution is 2.18. The highest BCUT2D eigenvalue weighted by molar-refractivity contribution is 6.30. The van der Waals surface area contributed by atoms with Gasteiger partial charge in [0, 0.05) is 11.1 Å². The van der Waals surface area contributed by atoms with Crippen LogP contribution in [-0.4, -0.2) is 24.3 Å². The molecule has 2 aromatic rings. The number of hydrogen-bond donors (Lipinski definition) is 1. The molecule has 27 heavy (non-hydrogen) atoms. The number of carbonyl (C=O) groups is 1. The molecule has 0 aliphatic rings. The molecule has 0 fully saturated rings. The fourth-order valence-corrected chi connectivity index (χ4v) is 2.41. The molecule has 6 nitrogen and oxygen atoms in total. The number of allylic oxidation sites excluding steroid dienone is 1. The lowest BCUT2D eigenvalue weighted by Crippen LogP contribution is -2.13. The van der Waals surface area contributed by atoms with Crippen LogP contribution in [0.25, 0.3) is 6.08 Å². The Hall–Kier alpha value is -2.73. The number of rotatable bonds is 10. The summed E-state index contributed by atoms with van der Waals surface area (Å²) in [6.07, 6.45) is 5.55. The van der Waals surface area contributed by atoms with Gasteiger partial charge >= 0.3 is 5.97 Å². The van der Waals surface area contributed by atoms with Crippen LogP contribution in [0.4, 0.5) is 0 Å². The average Bonchev–Trinajstić information content (AvgIpc) is 2.64. The van der Waals surface area contributed by atoms with Crippen molar-refractivity contribution in [2.75, 3.05) is 13.2 Å². The quantitative estimate of drug-likeness (QED) is 0.592. The fraction of sp³-hybridized carbons (Fsp3) is 0.300. The fourth-order valence-electron chi connectivity index (χ4n) is 2.29. The van der Waals surface area contributed by atoms with Crippen LogP contribution in [0, 0.1) is 0 Å². The van der Waals surface area contributed by atoms with Gasteiger partial charge in [-0.3, -0.25) is 4.79 Å². The number of benzene rings is 1. The lowest BCUT2D eigenvalue weighted by molar-refractivity contribution is 0.0658. The Morgan fingerprint density at radius 2 is 1.81 bits per heavy atom. The van der Waals surface area contributed by atoms with Crippen molar-refractivity contribution in [1.82, 2.24) is 0 Å². The Bertz CT molecular complexity index is 839. The lowest BCUT2D eigenvalue weighted by atomic mass is 10.2. The van der Waals surface area contributed by atoms with Gasteiger partial charge in [0.1, 0.15) is 5.75 Å². The number of carboxylic acid groups (broad SMARTS) is 1. The van der Waals surface area contributed by atoms with Crippen molar-refractivity contribution >= 4 is 23.6 Å². The van der Waals surface area contributed by atoms with E-state index >= 15 is 0 Å². The molecule has 144 valence electrons. The van der Waals surface area contributed by atoms with Crippen LogP contribution in [0.1, 0.15) is 42.5 Å². The van der Waals surface area contributed by atoms with Crippen molar-refractivity contribution < 1.29 is 23.8 Å². The van der Waals surface area contributed by atoms with E-state index in [1.807, 2.05) is 12.1 Å². The van der Waals surface area contributed by atoms with Gasteiger partial charge in [-0.2, -0.15) is 0 Å². The lowest BCUT2D eigenvalue weighted by Gasteiger charge is -2.09. The Kier molecular flexibility index (Phi) is 7.95. The van der Waals surface area contributed by atoms with E-state index < -0.39 is 17.2 Å². The second-order valence-corrected chi connectivity index (χ2v) is 6.12. The zero-order valence-corrected chi connectivity index (χ0v) is 15.7. The summed E-state index contributed by atoms with van der Waals surface area (Å²) in [5.41, 5.74) is -0.516. The molecular formula is C20H21ClO6. The second-order valence-electron chi connectivity index (χ2n) is 5.68. The predicted octanol–water partition coefficient (Wildman–Crippen LogP) is 4.65. The molecule has 0 spiro atoms. The van der Waals surface area contributed by atoms with E-state index in [0.29, 0.717) is 18.2 Å². The Labute approximate surface area is 162 Å². The number of halogens is 1. The van der Waals surface area contributed by atoms with Gasteiger partial charge in [0.05, 0.1) is 13.2 Å². The first-order valence-electron chi connectivity index (χ1n) is 8.56. The Morgan fingerprint density at radius 3 is 2.44 bits per heavy atom. The number of aromatic carboxylic acids is 1. The molecule has 0 aliphatic heterocycles. The molecule has 0 radical (unpaired) electrons. The SMILES string of the molecule is CC=Cc1oc(C(=O)O)cc(=O)c1OCCCCCOc1ccc(Cl)cc1. The summed E-state index contributed by atoms with van der Waals surface area (Å²) in [6, 6.07) is 8.09. The number of unbranched alkanes of at least 4 members (excludes halogenated alkanes) is 2. The standard InChI is InChI=1S/C20H21ClO6/c1-2-6-17-19(16(22)13-18(27-17)20(23)24)26-12-5-3-4-11-25-15-9-7-14(21)8-10-15/h2,6-10,13H,3-5,11-12H2,1H3,(H,23,24). The molecule has 2 rings (SSSR count). The van der Waals surface area contributed by atoms with Gasteiger partial charge in [-0.25, -0.2) is 4.79 Å². The number of carboxylic acids is 1. The van der Waals surface area contributed by atoms with E-state index in [4.69, 9.17) is 30.6 Å². The first-order valence-corrected chi connectivity index (χ1v) is 8.94. The van der Waals surface area contributed by atoms with Crippen molar-refractivity contribution in [3.63, 3.8) is 0 Å². The normalized spacial score (nSPS) is 10.9. The summed E-state index contributed by atoms with van der Waals surface area (Å²) in [6.45, 7) is 2.63. The van der Waals surface area contributed by atoms with Crippen molar-refractivity contribution in [3.8, 4) is 11.5 Å². The molecule has 1 heterocycles. The predicted molar refractivity (Wildman–Crippen MR) is 103 cm³/mol. The van der Waals surface area contributed by atoms with Gasteiger partial charge in [-0.1, -0.05) is 17.7 Å². The van der Waals surface area contributed by atoms with Crippen LogP contribution in [0.15, 0.2) is 45.6 Å². The highest BCUT2D eigenvalue weighted by atomic mass is 35.5. The third-order valence-corrected chi connectivity index (χ3v) is 3.83. The Balaban J connectivity index is 1.78. The first-order chi connectivity index (χ1) is 13.0. The summed E-state index contributed by atoms with van der Waals surface area (Å²) in [7, 11) is 0. The average molecular weight is 393 g/mol. The van der Waals surface area contributed by atoms with Crippen LogP contribution in [0.3, 0.4) is 0 Å². The van der Waals surface area contributed by atoms with Gasteiger partial charge in [-0.05, 0) is 56.5 Å². The molecule has 0 unspecified atom stereocenters. The molecular weight excluding hydrogens is 372 g/mol. The molecule has 0 amide bonds. The minimum absolute atomic E-state index is 0.0236. The molecule has 1 aromatic carbocycles. The third-order valence-electron chi connectivity index (χ3n) is 3.58. The second kappa shape index (κ2) is 10.4. The zero-order chi connectivity index (χ0) is 19.6. The van der Waals surface area contributed by atoms with Crippen LogP contribution in [0.5, 0.6) is 11.5 Å². The summed E-state index contributed by atoms with van der Waals surface area (Å²) >= 11 is 5.82. The summed E-state index contributed by atoms with van der Waals surface area (Å²) in [4.78, 5) is 23.1. The van der Waals surface area contributed by atoms with Crippen LogP contribution < -0.4 is 14.9 Å². The van der Waals surface area contributed by atoms with Gasteiger partial charge < -0.3 is 19.0 Å². The molecule has 1 N–H and O–H groups in total. The van der Waals surface area contributed by atoms with Crippen molar-refractivity contribution in [3.05, 3.63) is 63.2 Å². The van der Waals surface area contributed by atoms with E-state index in [2.05, 4.69) is 0 Å². The van der Waals surface area contributed by atoms with Crippen molar-refractivity contribution in [2.24, 2.45) is 0 Å². The molecule has 0 atom stereocenters. The van der Waals surface area contributed by atoms with E-state index in [1.165, 1.54) is 6.08 Å². The third kappa shape index (κ3) is 6.49. The van der Waals surface area contributed by atoms with E-state index in [-0.39, 0.29) is 11.5 Å². The summed E-state index contributed by atoms with van der Waals surface area (Å²) in [5, 5.41) is 9.63. The highest BCUT2D eigenvalue weighted by Gasteiger charge is 2.15. The molecule has 0 saturated carbocycles. The van der Waals surface area contributed by atoms with Crippen molar-refractivity contribution in [2.45, 2.75) is 26.2 Å². The van der Waals surface area contributed by atoms with Gasteiger partial charge in [0.15, 0.2) is 5.76 Å². The molecule has 0 bridgehead atoms. The van der Waals surface area contributed by atoms with Crippen LogP contribution >= 0.6 is 11.6 Å². The topological polar surface area (TPSA) is 86.0 Å². The van der Waals surface area contributed by atoms with E-state index in [1.54, 1.807) is 25.1 Å². The monoisotopic (exact) mass is 392 g/mol. The smallest absolute Gasteiger partial charge is 0.371 e. The van der Waals surface area contributed by atoms with E-state index in [0.717, 1.165) is 31.1 Å². The maximum atomic E-state index is 12.1. The van der Waals surface area contributed by atoms with Gasteiger partial charge in [0.2, 0.25) is 16.9 Å². The van der Waals surface area contributed by atoms with Gasteiger partial charge in [0.25, 0.3) is 0 Å². The molecule has 7 heteroatoms. The number of hydrogen-bond acceptors (Lipinski definition) is 5. The maximum Gasteiger partial charge on any atom is 0.371 e. The first kappa shape index (κ1) is 20.6. The van der Waals surface area contributed by atoms with Crippen LogP contribution in [0.2, 0.25) is 5.02 Å². The van der Waals surface area contributed by atoms with Crippen LogP contribution in [-0.2, 0) is 0 Å². The molecule has 0 saturated heterocycles. The molecule has 1 aromatic heterocycles. The maximum absolute atomic E-state index is 12.1. The van der Waals surface area contributed by atoms with Gasteiger partial charge in [-0.15, -0.1) is 0 Å². The van der Waals surface area contributed by atoms with E-state index in [9.17, 15) is 9.59 Å². The summed E-state index contributed by atoms with van der Waals surface area (Å²) < 4.78 is 16.3.